The molecule has 152 valence electrons. The fraction of sp³-hybridized carbons (Fsp3) is 0.429. The summed E-state index contributed by atoms with van der Waals surface area (Å²) in [7, 11) is 0. The molecule has 0 bridgehead atoms. The van der Waals surface area contributed by atoms with Crippen LogP contribution in [-0.4, -0.2) is 36.0 Å². The van der Waals surface area contributed by atoms with Gasteiger partial charge in [0.15, 0.2) is 11.0 Å². The number of amides is 1. The van der Waals surface area contributed by atoms with Crippen LogP contribution in [0.25, 0.3) is 11.4 Å². The van der Waals surface area contributed by atoms with Crippen molar-refractivity contribution in [2.45, 2.75) is 57.3 Å². The van der Waals surface area contributed by atoms with Crippen LogP contribution in [0.1, 0.15) is 38.4 Å². The first-order valence-corrected chi connectivity index (χ1v) is 11.2. The lowest BCUT2D eigenvalue weighted by molar-refractivity contribution is -0.113. The summed E-state index contributed by atoms with van der Waals surface area (Å²) in [5, 5.41) is 12.6. The van der Waals surface area contributed by atoms with Crippen LogP contribution in [0.3, 0.4) is 0 Å². The lowest BCUT2D eigenvalue weighted by Gasteiger charge is -2.09. The number of rotatable bonds is 7. The van der Waals surface area contributed by atoms with Crippen molar-refractivity contribution in [3.05, 3.63) is 42.5 Å². The van der Waals surface area contributed by atoms with Crippen molar-refractivity contribution >= 4 is 23.4 Å². The second-order valence-electron chi connectivity index (χ2n) is 7.22. The Bertz CT molecular complexity index is 962. The molecule has 0 unspecified atom stereocenters. The molecule has 2 aromatic heterocycles. The third kappa shape index (κ3) is 4.70. The monoisotopic (exact) mass is 410 g/mol. The number of aromatic nitrogens is 5. The average Bonchev–Trinajstić information content (AvgIpc) is 3.27. The predicted octanol–water partition coefficient (Wildman–Crippen LogP) is 4.01. The molecule has 0 radical (unpaired) electrons. The molecule has 0 fully saturated rings. The molecule has 1 aromatic carbocycles. The third-order valence-electron chi connectivity index (χ3n) is 5.01. The lowest BCUT2D eigenvalue weighted by Crippen LogP contribution is -2.14. The van der Waals surface area contributed by atoms with Crippen molar-refractivity contribution in [3.8, 4) is 11.4 Å². The van der Waals surface area contributed by atoms with E-state index in [9.17, 15) is 4.79 Å². The van der Waals surface area contributed by atoms with E-state index >= 15 is 0 Å². The summed E-state index contributed by atoms with van der Waals surface area (Å²) >= 11 is 1.46. The number of nitrogens with one attached hydrogen (secondary N) is 1. The Labute approximate surface area is 174 Å². The molecule has 1 aliphatic heterocycles. The van der Waals surface area contributed by atoms with E-state index in [0.717, 1.165) is 54.0 Å². The van der Waals surface area contributed by atoms with E-state index in [2.05, 4.69) is 36.6 Å². The molecule has 0 saturated heterocycles. The van der Waals surface area contributed by atoms with Crippen LogP contribution in [0.4, 0.5) is 5.69 Å². The largest absolute Gasteiger partial charge is 0.326 e. The van der Waals surface area contributed by atoms with Crippen LogP contribution in [0, 0.1) is 0 Å². The molecule has 29 heavy (non-hydrogen) atoms. The van der Waals surface area contributed by atoms with Crippen LogP contribution < -0.4 is 5.32 Å². The molecule has 3 aromatic rings. The minimum absolute atomic E-state index is 0.0369. The molecular weight excluding hydrogens is 384 g/mol. The van der Waals surface area contributed by atoms with E-state index in [-0.39, 0.29) is 5.91 Å². The predicted molar refractivity (Wildman–Crippen MR) is 115 cm³/mol. The van der Waals surface area contributed by atoms with Crippen molar-refractivity contribution in [2.24, 2.45) is 0 Å². The van der Waals surface area contributed by atoms with Gasteiger partial charge in [0, 0.05) is 43.2 Å². The zero-order valence-corrected chi connectivity index (χ0v) is 17.5. The number of nitrogens with zero attached hydrogens (tertiary/aromatic N) is 5. The number of imidazole rings is 1. The first kappa shape index (κ1) is 19.7. The van der Waals surface area contributed by atoms with Crippen molar-refractivity contribution in [1.82, 2.24) is 24.3 Å². The molecule has 1 N–H and O–H groups in total. The molecule has 1 aliphatic rings. The lowest BCUT2D eigenvalue weighted by atomic mass is 10.2. The van der Waals surface area contributed by atoms with Crippen LogP contribution in [0.15, 0.2) is 41.8 Å². The minimum atomic E-state index is -0.0369. The van der Waals surface area contributed by atoms with Crippen molar-refractivity contribution < 1.29 is 4.79 Å². The quantitative estimate of drug-likeness (QED) is 0.596. The van der Waals surface area contributed by atoms with Gasteiger partial charge in [-0.1, -0.05) is 25.1 Å². The molecule has 0 aliphatic carbocycles. The van der Waals surface area contributed by atoms with Crippen LogP contribution >= 0.6 is 11.8 Å². The molecule has 1 amide bonds. The van der Waals surface area contributed by atoms with Crippen LogP contribution in [0.5, 0.6) is 0 Å². The van der Waals surface area contributed by atoms with Gasteiger partial charge in [0.1, 0.15) is 5.82 Å². The van der Waals surface area contributed by atoms with Crippen molar-refractivity contribution in [1.29, 1.82) is 0 Å². The van der Waals surface area contributed by atoms with Gasteiger partial charge in [-0.15, -0.1) is 10.2 Å². The topological polar surface area (TPSA) is 77.6 Å². The highest BCUT2D eigenvalue weighted by Gasteiger charge is 2.16. The van der Waals surface area contributed by atoms with E-state index in [1.165, 1.54) is 31.0 Å². The van der Waals surface area contributed by atoms with Gasteiger partial charge in [0.2, 0.25) is 5.91 Å². The van der Waals surface area contributed by atoms with E-state index < -0.39 is 0 Å². The SMILES string of the molecule is CCCn1ccnc1SCC(=O)Nc1ccc(-c2nnc3n2CCCCC3)cc1. The average molecular weight is 411 g/mol. The maximum absolute atomic E-state index is 12.3. The standard InChI is InChI=1S/C21H26N6OS/c1-2-12-26-14-11-22-21(26)29-15-19(28)23-17-9-7-16(8-10-17)20-25-24-18-6-4-3-5-13-27(18)20/h7-11,14H,2-6,12-13,15H2,1H3,(H,23,28). The molecular formula is C21H26N6OS. The van der Waals surface area contributed by atoms with Gasteiger partial charge < -0.3 is 14.5 Å². The number of benzene rings is 1. The summed E-state index contributed by atoms with van der Waals surface area (Å²) in [6.45, 7) is 4.01. The maximum Gasteiger partial charge on any atom is 0.234 e. The van der Waals surface area contributed by atoms with Gasteiger partial charge in [-0.2, -0.15) is 0 Å². The Hall–Kier alpha value is -2.61. The number of carbonyl (C=O) groups is 1. The second-order valence-corrected chi connectivity index (χ2v) is 8.16. The van der Waals surface area contributed by atoms with Gasteiger partial charge in [-0.05, 0) is 43.5 Å². The van der Waals surface area contributed by atoms with Crippen LogP contribution in [0.2, 0.25) is 0 Å². The zero-order valence-electron chi connectivity index (χ0n) is 16.7. The van der Waals surface area contributed by atoms with Gasteiger partial charge >= 0.3 is 0 Å². The summed E-state index contributed by atoms with van der Waals surface area (Å²) in [5.74, 6) is 2.29. The highest BCUT2D eigenvalue weighted by atomic mass is 32.2. The number of thioether (sulfide) groups is 1. The fourth-order valence-electron chi connectivity index (χ4n) is 3.58. The van der Waals surface area contributed by atoms with Crippen molar-refractivity contribution in [2.75, 3.05) is 11.1 Å². The Morgan fingerprint density at radius 3 is 2.86 bits per heavy atom. The summed E-state index contributed by atoms with van der Waals surface area (Å²) in [5.41, 5.74) is 1.81. The minimum Gasteiger partial charge on any atom is -0.326 e. The second kappa shape index (κ2) is 9.26. The molecule has 8 heteroatoms. The Kier molecular flexibility index (Phi) is 6.29. The fourth-order valence-corrected chi connectivity index (χ4v) is 4.36. The number of fused-ring (bicyclic) bond motifs is 1. The maximum atomic E-state index is 12.3. The highest BCUT2D eigenvalue weighted by Crippen LogP contribution is 2.24. The number of hydrogen-bond acceptors (Lipinski definition) is 5. The van der Waals surface area contributed by atoms with Gasteiger partial charge in [-0.3, -0.25) is 4.79 Å². The molecule has 7 nitrogen and oxygen atoms in total. The molecule has 0 atom stereocenters. The first-order valence-electron chi connectivity index (χ1n) is 10.2. The Balaban J connectivity index is 1.36. The summed E-state index contributed by atoms with van der Waals surface area (Å²) < 4.78 is 4.31. The molecule has 0 spiro atoms. The molecule has 3 heterocycles. The summed E-state index contributed by atoms with van der Waals surface area (Å²) in [4.78, 5) is 16.7. The van der Waals surface area contributed by atoms with Gasteiger partial charge in [0.25, 0.3) is 0 Å². The molecule has 4 rings (SSSR count). The van der Waals surface area contributed by atoms with E-state index in [1.807, 2.05) is 30.5 Å². The van der Waals surface area contributed by atoms with Gasteiger partial charge in [-0.25, -0.2) is 4.98 Å². The normalized spacial score (nSPS) is 13.7. The first-order chi connectivity index (χ1) is 14.2. The van der Waals surface area contributed by atoms with Gasteiger partial charge in [0.05, 0.1) is 5.75 Å². The molecule has 0 saturated carbocycles. The van der Waals surface area contributed by atoms with E-state index in [0.29, 0.717) is 5.75 Å². The van der Waals surface area contributed by atoms with E-state index in [4.69, 9.17) is 0 Å². The van der Waals surface area contributed by atoms with E-state index in [1.54, 1.807) is 6.20 Å². The number of hydrogen-bond donors (Lipinski definition) is 1. The Morgan fingerprint density at radius 1 is 1.17 bits per heavy atom. The number of aryl methyl sites for hydroxylation is 2. The summed E-state index contributed by atoms with van der Waals surface area (Å²) in [6.07, 6.45) is 9.35. The third-order valence-corrected chi connectivity index (χ3v) is 6.02. The Morgan fingerprint density at radius 2 is 2.03 bits per heavy atom. The zero-order chi connectivity index (χ0) is 20.1. The summed E-state index contributed by atoms with van der Waals surface area (Å²) in [6, 6.07) is 7.85. The number of anilines is 1. The van der Waals surface area contributed by atoms with Crippen LogP contribution in [-0.2, 0) is 24.3 Å². The number of carbonyl (C=O) groups excluding carboxylic acids is 1. The van der Waals surface area contributed by atoms with Crippen molar-refractivity contribution in [3.63, 3.8) is 0 Å². The highest BCUT2D eigenvalue weighted by molar-refractivity contribution is 7.99. The smallest absolute Gasteiger partial charge is 0.234 e.